The fourth-order valence-corrected chi connectivity index (χ4v) is 2.82. The third-order valence-corrected chi connectivity index (χ3v) is 4.41. The van der Waals surface area contributed by atoms with E-state index in [0.29, 0.717) is 0 Å². The molecular weight excluding hydrogens is 296 g/mol. The van der Waals surface area contributed by atoms with E-state index >= 15 is 0 Å². The fourth-order valence-electron chi connectivity index (χ4n) is 1.74. The number of hydrogen-bond acceptors (Lipinski definition) is 3. The maximum atomic E-state index is 5.65. The maximum absolute atomic E-state index is 5.65. The molecular formula is C13H15BrN2S. The lowest BCUT2D eigenvalue weighted by molar-refractivity contribution is 0.552. The number of halogens is 1. The third kappa shape index (κ3) is 3.16. The Kier molecular flexibility index (Phi) is 4.34. The molecule has 0 saturated heterocycles. The van der Waals surface area contributed by atoms with Crippen LogP contribution in [0.4, 0.5) is 0 Å². The van der Waals surface area contributed by atoms with Crippen LogP contribution in [0.15, 0.2) is 39.5 Å². The summed E-state index contributed by atoms with van der Waals surface area (Å²) >= 11 is 5.27. The fraction of sp³-hybridized carbons (Fsp3) is 0.231. The van der Waals surface area contributed by atoms with Crippen molar-refractivity contribution in [3.05, 3.63) is 56.2 Å². The van der Waals surface area contributed by atoms with Crippen molar-refractivity contribution in [3.8, 4) is 0 Å². The minimum atomic E-state index is 0.154. The molecule has 1 aromatic carbocycles. The lowest BCUT2D eigenvalue weighted by Gasteiger charge is -2.16. The van der Waals surface area contributed by atoms with Gasteiger partial charge in [0.15, 0.2) is 0 Å². The Morgan fingerprint density at radius 1 is 1.41 bits per heavy atom. The molecule has 1 unspecified atom stereocenters. The highest BCUT2D eigenvalue weighted by molar-refractivity contribution is 9.10. The van der Waals surface area contributed by atoms with Crippen LogP contribution < -0.4 is 11.3 Å². The van der Waals surface area contributed by atoms with E-state index < -0.39 is 0 Å². The zero-order valence-corrected chi connectivity index (χ0v) is 12.0. The van der Waals surface area contributed by atoms with Crippen LogP contribution in [0.2, 0.25) is 0 Å². The van der Waals surface area contributed by atoms with E-state index in [2.05, 4.69) is 63.3 Å². The van der Waals surface area contributed by atoms with Gasteiger partial charge in [0.25, 0.3) is 0 Å². The predicted octanol–water partition coefficient (Wildman–Crippen LogP) is 3.57. The first-order valence-corrected chi connectivity index (χ1v) is 7.17. The predicted molar refractivity (Wildman–Crippen MR) is 77.0 cm³/mol. The average Bonchev–Trinajstić information content (AvgIpc) is 2.82. The number of benzene rings is 1. The van der Waals surface area contributed by atoms with Crippen molar-refractivity contribution < 1.29 is 0 Å². The number of hydrogen-bond donors (Lipinski definition) is 2. The summed E-state index contributed by atoms with van der Waals surface area (Å²) in [6.07, 6.45) is 0.912. The van der Waals surface area contributed by atoms with Gasteiger partial charge in [-0.15, -0.1) is 0 Å². The Morgan fingerprint density at radius 2 is 2.24 bits per heavy atom. The van der Waals surface area contributed by atoms with Crippen LogP contribution in [0.5, 0.6) is 0 Å². The quantitative estimate of drug-likeness (QED) is 0.669. The van der Waals surface area contributed by atoms with Gasteiger partial charge in [0.05, 0.1) is 6.04 Å². The van der Waals surface area contributed by atoms with E-state index in [9.17, 15) is 0 Å². The maximum Gasteiger partial charge on any atom is 0.0500 e. The molecule has 0 fully saturated rings. The Balaban J connectivity index is 2.20. The Morgan fingerprint density at radius 3 is 2.82 bits per heavy atom. The summed E-state index contributed by atoms with van der Waals surface area (Å²) < 4.78 is 1.13. The lowest BCUT2D eigenvalue weighted by Crippen LogP contribution is -2.29. The van der Waals surface area contributed by atoms with Crippen LogP contribution in [0.1, 0.15) is 22.7 Å². The largest absolute Gasteiger partial charge is 0.271 e. The highest BCUT2D eigenvalue weighted by Crippen LogP contribution is 2.24. The molecule has 3 N–H and O–H groups in total. The number of nitrogens with one attached hydrogen (secondary N) is 1. The first-order valence-electron chi connectivity index (χ1n) is 5.44. The molecule has 0 saturated carbocycles. The molecule has 0 bridgehead atoms. The lowest BCUT2D eigenvalue weighted by atomic mass is 10.0. The zero-order chi connectivity index (χ0) is 12.3. The minimum Gasteiger partial charge on any atom is -0.271 e. The summed E-state index contributed by atoms with van der Waals surface area (Å²) in [4.78, 5) is 0. The molecule has 0 aliphatic heterocycles. The van der Waals surface area contributed by atoms with Crippen molar-refractivity contribution in [2.45, 2.75) is 19.4 Å². The van der Waals surface area contributed by atoms with Gasteiger partial charge >= 0.3 is 0 Å². The molecule has 1 atom stereocenters. The van der Waals surface area contributed by atoms with Crippen LogP contribution >= 0.6 is 27.3 Å². The minimum absolute atomic E-state index is 0.154. The standard InChI is InChI=1S/C13H15BrN2S/c1-9-2-3-11(7-12(9)14)13(16-15)6-10-4-5-17-8-10/h2-5,7-8,13,16H,6,15H2,1H3. The van der Waals surface area contributed by atoms with Crippen LogP contribution in [0, 0.1) is 6.92 Å². The molecule has 1 heterocycles. The van der Waals surface area contributed by atoms with Gasteiger partial charge in [0.1, 0.15) is 0 Å². The van der Waals surface area contributed by atoms with Crippen LogP contribution in [-0.2, 0) is 6.42 Å². The van der Waals surface area contributed by atoms with Gasteiger partial charge in [-0.1, -0.05) is 28.1 Å². The van der Waals surface area contributed by atoms with Gasteiger partial charge < -0.3 is 0 Å². The first-order chi connectivity index (χ1) is 8.20. The van der Waals surface area contributed by atoms with Gasteiger partial charge in [-0.05, 0) is 52.9 Å². The van der Waals surface area contributed by atoms with Gasteiger partial charge in [-0.3, -0.25) is 11.3 Å². The Bertz CT molecular complexity index is 482. The highest BCUT2D eigenvalue weighted by Gasteiger charge is 2.11. The zero-order valence-electron chi connectivity index (χ0n) is 9.61. The van der Waals surface area contributed by atoms with E-state index in [1.54, 1.807) is 11.3 Å². The molecule has 0 aliphatic rings. The number of rotatable bonds is 4. The number of thiophene rings is 1. The summed E-state index contributed by atoms with van der Waals surface area (Å²) in [6, 6.07) is 8.65. The number of nitrogens with two attached hydrogens (primary N) is 1. The van der Waals surface area contributed by atoms with E-state index in [1.165, 1.54) is 16.7 Å². The summed E-state index contributed by atoms with van der Waals surface area (Å²) in [5, 5.41) is 4.25. The molecule has 0 aliphatic carbocycles. The molecule has 2 nitrogen and oxygen atoms in total. The van der Waals surface area contributed by atoms with Crippen molar-refractivity contribution in [3.63, 3.8) is 0 Å². The molecule has 2 aromatic rings. The van der Waals surface area contributed by atoms with Crippen LogP contribution in [-0.4, -0.2) is 0 Å². The van der Waals surface area contributed by atoms with Gasteiger partial charge in [-0.2, -0.15) is 11.3 Å². The molecule has 17 heavy (non-hydrogen) atoms. The summed E-state index contributed by atoms with van der Waals surface area (Å²) in [6.45, 7) is 2.08. The monoisotopic (exact) mass is 310 g/mol. The van der Waals surface area contributed by atoms with Gasteiger partial charge in [-0.25, -0.2) is 0 Å². The van der Waals surface area contributed by atoms with E-state index in [-0.39, 0.29) is 6.04 Å². The average molecular weight is 311 g/mol. The summed E-state index contributed by atoms with van der Waals surface area (Å²) in [5.74, 6) is 5.65. The molecule has 0 spiro atoms. The SMILES string of the molecule is Cc1ccc(C(Cc2ccsc2)NN)cc1Br. The van der Waals surface area contributed by atoms with Crippen molar-refractivity contribution in [1.82, 2.24) is 5.43 Å². The Hall–Kier alpha value is -0.680. The van der Waals surface area contributed by atoms with E-state index in [4.69, 9.17) is 5.84 Å². The molecule has 4 heteroatoms. The molecule has 2 rings (SSSR count). The highest BCUT2D eigenvalue weighted by atomic mass is 79.9. The van der Waals surface area contributed by atoms with Crippen molar-refractivity contribution >= 4 is 27.3 Å². The first kappa shape index (κ1) is 12.8. The second-order valence-electron chi connectivity index (χ2n) is 4.06. The van der Waals surface area contributed by atoms with E-state index in [0.717, 1.165) is 10.9 Å². The normalized spacial score (nSPS) is 12.6. The summed E-state index contributed by atoms with van der Waals surface area (Å²) in [5.41, 5.74) is 6.64. The Labute approximate surface area is 114 Å². The van der Waals surface area contributed by atoms with Crippen LogP contribution in [0.25, 0.3) is 0 Å². The van der Waals surface area contributed by atoms with Crippen molar-refractivity contribution in [2.75, 3.05) is 0 Å². The van der Waals surface area contributed by atoms with Gasteiger partial charge in [0, 0.05) is 4.47 Å². The molecule has 90 valence electrons. The van der Waals surface area contributed by atoms with Crippen molar-refractivity contribution in [2.24, 2.45) is 5.84 Å². The number of aryl methyl sites for hydroxylation is 1. The molecule has 0 radical (unpaired) electrons. The second-order valence-corrected chi connectivity index (χ2v) is 5.70. The van der Waals surface area contributed by atoms with E-state index in [1.807, 2.05) is 0 Å². The van der Waals surface area contributed by atoms with Crippen molar-refractivity contribution in [1.29, 1.82) is 0 Å². The van der Waals surface area contributed by atoms with Gasteiger partial charge in [0.2, 0.25) is 0 Å². The smallest absolute Gasteiger partial charge is 0.0500 e. The third-order valence-electron chi connectivity index (χ3n) is 2.82. The molecule has 1 aromatic heterocycles. The van der Waals surface area contributed by atoms with Crippen LogP contribution in [0.3, 0.4) is 0 Å². The number of hydrazine groups is 1. The summed E-state index contributed by atoms with van der Waals surface area (Å²) in [7, 11) is 0. The topological polar surface area (TPSA) is 38.0 Å². The molecule has 0 amide bonds. The second kappa shape index (κ2) is 5.78.